The number of rotatable bonds is 4. The molecular formula is C25H26N2. The maximum Gasteiger partial charge on any atom is 0.0650 e. The molecule has 0 radical (unpaired) electrons. The van der Waals surface area contributed by atoms with Crippen molar-refractivity contribution in [1.82, 2.24) is 4.98 Å². The van der Waals surface area contributed by atoms with Crippen LogP contribution in [-0.4, -0.2) is 18.1 Å². The summed E-state index contributed by atoms with van der Waals surface area (Å²) in [5, 5.41) is 0. The predicted molar refractivity (Wildman–Crippen MR) is 116 cm³/mol. The van der Waals surface area contributed by atoms with Gasteiger partial charge in [0, 0.05) is 25.0 Å². The molecule has 0 amide bonds. The smallest absolute Gasteiger partial charge is 0.0650 e. The summed E-state index contributed by atoms with van der Waals surface area (Å²) in [6.45, 7) is 4.48. The lowest BCUT2D eigenvalue weighted by Gasteiger charge is -2.30. The number of anilines is 1. The summed E-state index contributed by atoms with van der Waals surface area (Å²) in [5.41, 5.74) is 7.32. The molecule has 0 N–H and O–H groups in total. The lowest BCUT2D eigenvalue weighted by atomic mass is 9.99. The molecule has 2 nitrogen and oxygen atoms in total. The van der Waals surface area contributed by atoms with Crippen LogP contribution >= 0.6 is 0 Å². The first-order valence-corrected chi connectivity index (χ1v) is 9.85. The molecule has 1 aliphatic heterocycles. The number of aryl methyl sites for hydroxylation is 1. The minimum Gasteiger partial charge on any atom is -0.371 e. The fraction of sp³-hybridized carbons (Fsp3) is 0.240. The normalized spacial score (nSPS) is 14.6. The Bertz CT molecular complexity index is 922. The first-order chi connectivity index (χ1) is 13.3. The molecule has 0 unspecified atom stereocenters. The van der Waals surface area contributed by atoms with Crippen LogP contribution in [0.5, 0.6) is 0 Å². The van der Waals surface area contributed by atoms with Crippen molar-refractivity contribution in [2.45, 2.75) is 26.2 Å². The topological polar surface area (TPSA) is 16.1 Å². The van der Waals surface area contributed by atoms with Crippen LogP contribution in [0.3, 0.4) is 0 Å². The third-order valence-corrected chi connectivity index (χ3v) is 5.27. The third-order valence-electron chi connectivity index (χ3n) is 5.27. The van der Waals surface area contributed by atoms with Crippen LogP contribution in [0, 0.1) is 6.92 Å². The molecule has 0 bridgehead atoms. The van der Waals surface area contributed by atoms with Gasteiger partial charge < -0.3 is 4.90 Å². The molecular weight excluding hydrogens is 328 g/mol. The molecule has 0 spiro atoms. The highest BCUT2D eigenvalue weighted by Gasteiger charge is 2.13. The Morgan fingerprint density at radius 1 is 0.852 bits per heavy atom. The molecule has 0 aliphatic carbocycles. The lowest BCUT2D eigenvalue weighted by Crippen LogP contribution is -2.30. The van der Waals surface area contributed by atoms with E-state index in [0.29, 0.717) is 0 Å². The Morgan fingerprint density at radius 2 is 1.59 bits per heavy atom. The van der Waals surface area contributed by atoms with E-state index in [0.717, 1.165) is 18.8 Å². The monoisotopic (exact) mass is 354 g/mol. The number of benzene rings is 2. The standard InChI is InChI=1S/C25H26N2/c1-20-19-26-23(18-25(20)27-16-8-3-9-17-27)15-14-22-12-6-7-13-24(22)21-10-4-2-5-11-21/h2,4-7,10-15,18-19H,3,8-9,16-17H2,1H3/b15-14-. The van der Waals surface area contributed by atoms with Crippen LogP contribution in [0.4, 0.5) is 5.69 Å². The van der Waals surface area contributed by atoms with E-state index >= 15 is 0 Å². The second-order valence-electron chi connectivity index (χ2n) is 7.23. The Hall–Kier alpha value is -2.87. The van der Waals surface area contributed by atoms with Gasteiger partial charge in [-0.2, -0.15) is 0 Å². The van der Waals surface area contributed by atoms with Crippen molar-refractivity contribution in [2.75, 3.05) is 18.0 Å². The van der Waals surface area contributed by atoms with Crippen molar-refractivity contribution in [1.29, 1.82) is 0 Å². The van der Waals surface area contributed by atoms with E-state index in [4.69, 9.17) is 0 Å². The number of hydrogen-bond acceptors (Lipinski definition) is 2. The molecule has 27 heavy (non-hydrogen) atoms. The van der Waals surface area contributed by atoms with Gasteiger partial charge in [-0.25, -0.2) is 0 Å². The van der Waals surface area contributed by atoms with E-state index in [9.17, 15) is 0 Å². The molecule has 1 aromatic heterocycles. The summed E-state index contributed by atoms with van der Waals surface area (Å²) in [5.74, 6) is 0. The highest BCUT2D eigenvalue weighted by molar-refractivity contribution is 5.80. The predicted octanol–water partition coefficient (Wildman–Crippen LogP) is 6.22. The van der Waals surface area contributed by atoms with Crippen LogP contribution < -0.4 is 4.90 Å². The number of hydrogen-bond donors (Lipinski definition) is 0. The zero-order chi connectivity index (χ0) is 18.5. The summed E-state index contributed by atoms with van der Waals surface area (Å²) in [6.07, 6.45) is 10.2. The van der Waals surface area contributed by atoms with Gasteiger partial charge in [-0.1, -0.05) is 60.7 Å². The summed E-state index contributed by atoms with van der Waals surface area (Å²) in [6, 6.07) is 21.3. The number of piperidine rings is 1. The van der Waals surface area contributed by atoms with E-state index in [1.807, 2.05) is 6.20 Å². The number of nitrogens with zero attached hydrogens (tertiary/aromatic N) is 2. The molecule has 1 saturated heterocycles. The fourth-order valence-corrected chi connectivity index (χ4v) is 3.79. The van der Waals surface area contributed by atoms with Gasteiger partial charge in [-0.15, -0.1) is 0 Å². The van der Waals surface area contributed by atoms with Gasteiger partial charge in [0.2, 0.25) is 0 Å². The molecule has 4 rings (SSSR count). The zero-order valence-electron chi connectivity index (χ0n) is 15.9. The van der Waals surface area contributed by atoms with Gasteiger partial charge in [0.1, 0.15) is 0 Å². The average Bonchev–Trinajstić information content (AvgIpc) is 2.74. The van der Waals surface area contributed by atoms with Gasteiger partial charge in [-0.3, -0.25) is 4.98 Å². The second kappa shape index (κ2) is 8.22. The fourth-order valence-electron chi connectivity index (χ4n) is 3.79. The van der Waals surface area contributed by atoms with Crippen LogP contribution in [0.1, 0.15) is 36.1 Å². The van der Waals surface area contributed by atoms with Gasteiger partial charge in [-0.05, 0) is 60.6 Å². The summed E-state index contributed by atoms with van der Waals surface area (Å²) in [4.78, 5) is 7.15. The van der Waals surface area contributed by atoms with Crippen LogP contribution in [0.2, 0.25) is 0 Å². The molecule has 2 aromatic carbocycles. The van der Waals surface area contributed by atoms with E-state index < -0.39 is 0 Å². The Morgan fingerprint density at radius 3 is 2.41 bits per heavy atom. The molecule has 0 saturated carbocycles. The van der Waals surface area contributed by atoms with Crippen molar-refractivity contribution in [2.24, 2.45) is 0 Å². The maximum absolute atomic E-state index is 4.64. The van der Waals surface area contributed by atoms with Crippen molar-refractivity contribution < 1.29 is 0 Å². The number of aromatic nitrogens is 1. The number of pyridine rings is 1. The molecule has 2 heterocycles. The van der Waals surface area contributed by atoms with Crippen molar-refractivity contribution >= 4 is 17.8 Å². The average molecular weight is 354 g/mol. The quantitative estimate of drug-likeness (QED) is 0.553. The van der Waals surface area contributed by atoms with Gasteiger partial charge in [0.05, 0.1) is 5.69 Å². The SMILES string of the molecule is Cc1cnc(/C=C\c2ccccc2-c2ccccc2)cc1N1CCCCC1. The maximum atomic E-state index is 4.64. The highest BCUT2D eigenvalue weighted by atomic mass is 15.1. The van der Waals surface area contributed by atoms with Crippen LogP contribution in [0.15, 0.2) is 66.9 Å². The molecule has 3 aromatic rings. The lowest BCUT2D eigenvalue weighted by molar-refractivity contribution is 0.577. The van der Waals surface area contributed by atoms with Gasteiger partial charge in [0.15, 0.2) is 0 Å². The Kier molecular flexibility index (Phi) is 5.34. The van der Waals surface area contributed by atoms with E-state index in [2.05, 4.69) is 89.6 Å². The molecule has 2 heteroatoms. The highest BCUT2D eigenvalue weighted by Crippen LogP contribution is 2.27. The van der Waals surface area contributed by atoms with Crippen molar-refractivity contribution in [3.63, 3.8) is 0 Å². The first kappa shape index (κ1) is 17.5. The molecule has 1 fully saturated rings. The Balaban J connectivity index is 1.62. The zero-order valence-corrected chi connectivity index (χ0v) is 15.9. The van der Waals surface area contributed by atoms with Crippen LogP contribution in [-0.2, 0) is 0 Å². The minimum absolute atomic E-state index is 1.02. The molecule has 136 valence electrons. The van der Waals surface area contributed by atoms with E-state index in [1.54, 1.807) is 0 Å². The van der Waals surface area contributed by atoms with Crippen LogP contribution in [0.25, 0.3) is 23.3 Å². The molecule has 0 atom stereocenters. The van der Waals surface area contributed by atoms with Crippen molar-refractivity contribution in [3.05, 3.63) is 83.7 Å². The van der Waals surface area contributed by atoms with E-state index in [-0.39, 0.29) is 0 Å². The second-order valence-corrected chi connectivity index (χ2v) is 7.23. The third kappa shape index (κ3) is 4.11. The minimum atomic E-state index is 1.02. The van der Waals surface area contributed by atoms with Crippen molar-refractivity contribution in [3.8, 4) is 11.1 Å². The summed E-state index contributed by atoms with van der Waals surface area (Å²) in [7, 11) is 0. The molecule has 1 aliphatic rings. The first-order valence-electron chi connectivity index (χ1n) is 9.85. The largest absolute Gasteiger partial charge is 0.371 e. The summed E-state index contributed by atoms with van der Waals surface area (Å²) < 4.78 is 0. The summed E-state index contributed by atoms with van der Waals surface area (Å²) >= 11 is 0. The Labute approximate surface area is 162 Å². The van der Waals surface area contributed by atoms with E-state index in [1.165, 1.54) is 47.2 Å². The van der Waals surface area contributed by atoms with Gasteiger partial charge >= 0.3 is 0 Å². The van der Waals surface area contributed by atoms with Gasteiger partial charge in [0.25, 0.3) is 0 Å².